The second-order valence-electron chi connectivity index (χ2n) is 6.31. The third kappa shape index (κ3) is 4.72. The highest BCUT2D eigenvalue weighted by atomic mass is 16.5. The molecule has 1 heterocycles. The van der Waals surface area contributed by atoms with Gasteiger partial charge in [0.05, 0.1) is 25.3 Å². The van der Waals surface area contributed by atoms with Crippen molar-refractivity contribution in [2.45, 2.75) is 26.3 Å². The van der Waals surface area contributed by atoms with Crippen molar-refractivity contribution in [1.82, 2.24) is 10.9 Å². The quantitative estimate of drug-likeness (QED) is 0.523. The van der Waals surface area contributed by atoms with E-state index in [0.717, 1.165) is 4.90 Å². The minimum Gasteiger partial charge on any atom is -0.494 e. The molecule has 3 amide bonds. The van der Waals surface area contributed by atoms with Gasteiger partial charge in [0.15, 0.2) is 0 Å². The molecule has 1 saturated heterocycles. The van der Waals surface area contributed by atoms with Crippen LogP contribution >= 0.6 is 0 Å². The summed E-state index contributed by atoms with van der Waals surface area (Å²) in [5.41, 5.74) is 6.02. The van der Waals surface area contributed by atoms with Crippen molar-refractivity contribution in [2.24, 2.45) is 0 Å². The predicted octanol–water partition coefficient (Wildman–Crippen LogP) is 2.05. The van der Waals surface area contributed by atoms with Crippen LogP contribution in [-0.2, 0) is 9.59 Å². The van der Waals surface area contributed by atoms with E-state index < -0.39 is 17.9 Å². The lowest BCUT2D eigenvalue weighted by atomic mass is 10.2. The molecular formula is C21H23N3O5. The molecule has 0 bridgehead atoms. The van der Waals surface area contributed by atoms with Crippen LogP contribution in [0, 0.1) is 0 Å². The summed E-state index contributed by atoms with van der Waals surface area (Å²) in [6.45, 7) is 4.82. The van der Waals surface area contributed by atoms with Crippen molar-refractivity contribution in [3.8, 4) is 11.5 Å². The highest BCUT2D eigenvalue weighted by Crippen LogP contribution is 2.25. The SMILES string of the molecule is CCOc1ccc(C(=O)NNC2CC(=O)N(c3ccc(OCC)cc3)C2=O)cc1. The first kappa shape index (κ1) is 20.3. The molecule has 1 unspecified atom stereocenters. The average Bonchev–Trinajstić information content (AvgIpc) is 3.01. The Morgan fingerprint density at radius 1 is 0.966 bits per heavy atom. The number of anilines is 1. The smallest absolute Gasteiger partial charge is 0.265 e. The summed E-state index contributed by atoms with van der Waals surface area (Å²) in [5, 5.41) is 0. The van der Waals surface area contributed by atoms with Crippen molar-refractivity contribution in [3.05, 3.63) is 54.1 Å². The zero-order valence-electron chi connectivity index (χ0n) is 16.3. The first-order chi connectivity index (χ1) is 14.0. The van der Waals surface area contributed by atoms with E-state index in [1.54, 1.807) is 48.5 Å². The van der Waals surface area contributed by atoms with Gasteiger partial charge >= 0.3 is 0 Å². The number of benzene rings is 2. The lowest BCUT2D eigenvalue weighted by molar-refractivity contribution is -0.121. The molecule has 2 aromatic rings. The zero-order chi connectivity index (χ0) is 20.8. The molecule has 1 atom stereocenters. The van der Waals surface area contributed by atoms with E-state index in [1.165, 1.54) is 0 Å². The molecule has 2 N–H and O–H groups in total. The van der Waals surface area contributed by atoms with E-state index in [-0.39, 0.29) is 12.3 Å². The summed E-state index contributed by atoms with van der Waals surface area (Å²) in [6.07, 6.45) is -0.0460. The monoisotopic (exact) mass is 397 g/mol. The predicted molar refractivity (Wildman–Crippen MR) is 107 cm³/mol. The highest BCUT2D eigenvalue weighted by Gasteiger charge is 2.39. The van der Waals surface area contributed by atoms with Gasteiger partial charge in [-0.15, -0.1) is 0 Å². The van der Waals surface area contributed by atoms with E-state index in [4.69, 9.17) is 9.47 Å². The summed E-state index contributed by atoms with van der Waals surface area (Å²) in [5.74, 6) is 0.151. The van der Waals surface area contributed by atoms with Gasteiger partial charge in [0.2, 0.25) is 5.91 Å². The van der Waals surface area contributed by atoms with Gasteiger partial charge in [-0.25, -0.2) is 10.3 Å². The fourth-order valence-corrected chi connectivity index (χ4v) is 2.97. The van der Waals surface area contributed by atoms with Crippen LogP contribution in [0.3, 0.4) is 0 Å². The van der Waals surface area contributed by atoms with Crippen LogP contribution in [0.4, 0.5) is 5.69 Å². The summed E-state index contributed by atoms with van der Waals surface area (Å²) in [7, 11) is 0. The van der Waals surface area contributed by atoms with Gasteiger partial charge in [0, 0.05) is 5.56 Å². The van der Waals surface area contributed by atoms with Crippen molar-refractivity contribution in [1.29, 1.82) is 0 Å². The van der Waals surface area contributed by atoms with E-state index in [1.807, 2.05) is 13.8 Å². The molecule has 1 aliphatic rings. The second-order valence-corrected chi connectivity index (χ2v) is 6.31. The minimum absolute atomic E-state index is 0.0460. The van der Waals surface area contributed by atoms with Crippen LogP contribution in [-0.4, -0.2) is 37.0 Å². The zero-order valence-corrected chi connectivity index (χ0v) is 16.3. The normalized spacial score (nSPS) is 16.1. The van der Waals surface area contributed by atoms with Gasteiger partial charge in [-0.1, -0.05) is 0 Å². The standard InChI is InChI=1S/C21H23N3O5/c1-3-28-16-9-5-14(6-10-16)20(26)23-22-18-13-19(25)24(21(18)27)15-7-11-17(12-8-15)29-4-2/h5-12,18,22H,3-4,13H2,1-2H3,(H,23,26). The molecule has 1 aliphatic heterocycles. The van der Waals surface area contributed by atoms with Crippen LogP contribution in [0.5, 0.6) is 11.5 Å². The molecule has 8 nitrogen and oxygen atoms in total. The summed E-state index contributed by atoms with van der Waals surface area (Å²) in [6, 6.07) is 12.5. The van der Waals surface area contributed by atoms with Gasteiger partial charge in [-0.2, -0.15) is 0 Å². The Kier molecular flexibility index (Phi) is 6.46. The maximum Gasteiger partial charge on any atom is 0.265 e. The fourth-order valence-electron chi connectivity index (χ4n) is 2.97. The molecule has 0 spiro atoms. The lowest BCUT2D eigenvalue weighted by Gasteiger charge is -2.16. The fraction of sp³-hybridized carbons (Fsp3) is 0.286. The van der Waals surface area contributed by atoms with Gasteiger partial charge in [0.25, 0.3) is 11.8 Å². The minimum atomic E-state index is -0.833. The number of carbonyl (C=O) groups is 3. The summed E-state index contributed by atoms with van der Waals surface area (Å²) in [4.78, 5) is 38.3. The number of imide groups is 1. The number of carbonyl (C=O) groups excluding carboxylic acids is 3. The molecule has 0 radical (unpaired) electrons. The van der Waals surface area contributed by atoms with Crippen LogP contribution in [0.1, 0.15) is 30.6 Å². The van der Waals surface area contributed by atoms with Crippen molar-refractivity contribution < 1.29 is 23.9 Å². The van der Waals surface area contributed by atoms with E-state index >= 15 is 0 Å². The Morgan fingerprint density at radius 3 is 2.07 bits per heavy atom. The molecule has 0 saturated carbocycles. The van der Waals surface area contributed by atoms with Crippen LogP contribution < -0.4 is 25.2 Å². The molecule has 0 aliphatic carbocycles. The molecular weight excluding hydrogens is 374 g/mol. The van der Waals surface area contributed by atoms with E-state index in [0.29, 0.717) is 36.0 Å². The summed E-state index contributed by atoms with van der Waals surface area (Å²) >= 11 is 0. The van der Waals surface area contributed by atoms with Gasteiger partial charge in [-0.05, 0) is 62.4 Å². The number of nitrogens with zero attached hydrogens (tertiary/aromatic N) is 1. The number of ether oxygens (including phenoxy) is 2. The third-order valence-corrected chi connectivity index (χ3v) is 4.34. The Bertz CT molecular complexity index is 880. The first-order valence-corrected chi connectivity index (χ1v) is 9.41. The van der Waals surface area contributed by atoms with Crippen molar-refractivity contribution in [2.75, 3.05) is 18.1 Å². The maximum absolute atomic E-state index is 12.6. The van der Waals surface area contributed by atoms with Crippen molar-refractivity contribution >= 4 is 23.4 Å². The Morgan fingerprint density at radius 2 is 1.52 bits per heavy atom. The van der Waals surface area contributed by atoms with E-state index in [2.05, 4.69) is 10.9 Å². The number of nitrogens with one attached hydrogen (secondary N) is 2. The Hall–Kier alpha value is -3.39. The topological polar surface area (TPSA) is 97.0 Å². The van der Waals surface area contributed by atoms with Crippen LogP contribution in [0.25, 0.3) is 0 Å². The maximum atomic E-state index is 12.6. The van der Waals surface area contributed by atoms with Crippen LogP contribution in [0.15, 0.2) is 48.5 Å². The van der Waals surface area contributed by atoms with E-state index in [9.17, 15) is 14.4 Å². The molecule has 29 heavy (non-hydrogen) atoms. The average molecular weight is 397 g/mol. The van der Waals surface area contributed by atoms with Gasteiger partial charge in [-0.3, -0.25) is 19.8 Å². The molecule has 2 aromatic carbocycles. The van der Waals surface area contributed by atoms with Crippen LogP contribution in [0.2, 0.25) is 0 Å². The number of rotatable bonds is 8. The van der Waals surface area contributed by atoms with Gasteiger partial charge in [0.1, 0.15) is 17.5 Å². The largest absolute Gasteiger partial charge is 0.494 e. The number of amides is 3. The first-order valence-electron chi connectivity index (χ1n) is 9.41. The Labute approximate surface area is 168 Å². The lowest BCUT2D eigenvalue weighted by Crippen LogP contribution is -2.48. The molecule has 152 valence electrons. The highest BCUT2D eigenvalue weighted by molar-refractivity contribution is 6.22. The molecule has 3 rings (SSSR count). The third-order valence-electron chi connectivity index (χ3n) is 4.34. The van der Waals surface area contributed by atoms with Gasteiger partial charge < -0.3 is 9.47 Å². The molecule has 0 aromatic heterocycles. The number of hydrazine groups is 1. The number of hydrogen-bond acceptors (Lipinski definition) is 6. The number of hydrogen-bond donors (Lipinski definition) is 2. The summed E-state index contributed by atoms with van der Waals surface area (Å²) < 4.78 is 10.7. The molecule has 8 heteroatoms. The van der Waals surface area contributed by atoms with Crippen molar-refractivity contribution in [3.63, 3.8) is 0 Å². The molecule has 1 fully saturated rings. The Balaban J connectivity index is 1.60. The second kappa shape index (κ2) is 9.20.